The van der Waals surface area contributed by atoms with Crippen LogP contribution in [0.15, 0.2) is 47.4 Å². The fourth-order valence-corrected chi connectivity index (χ4v) is 5.07. The Hall–Kier alpha value is -2.46. The number of sulfonamides is 1. The predicted molar refractivity (Wildman–Crippen MR) is 124 cm³/mol. The van der Waals surface area contributed by atoms with Gasteiger partial charge in [-0.2, -0.15) is 4.31 Å². The lowest BCUT2D eigenvalue weighted by molar-refractivity contribution is -0.115. The van der Waals surface area contributed by atoms with E-state index in [0.29, 0.717) is 37.6 Å². The largest absolute Gasteiger partial charge is 0.495 e. The van der Waals surface area contributed by atoms with Crippen molar-refractivity contribution in [1.29, 1.82) is 0 Å². The van der Waals surface area contributed by atoms with Crippen LogP contribution in [0.5, 0.6) is 5.75 Å². The summed E-state index contributed by atoms with van der Waals surface area (Å²) in [6, 6.07) is 12.6. The summed E-state index contributed by atoms with van der Waals surface area (Å²) in [7, 11) is 1.75. The number of nitrogens with one attached hydrogen (secondary N) is 1. The first-order valence-electron chi connectivity index (χ1n) is 10.6. The van der Waals surface area contributed by atoms with E-state index in [1.807, 2.05) is 38.4 Å². The molecule has 1 fully saturated rings. The van der Waals surface area contributed by atoms with Crippen LogP contribution in [-0.4, -0.2) is 77.6 Å². The molecule has 1 N–H and O–H groups in total. The Bertz CT molecular complexity index is 1020. The number of morpholine rings is 1. The summed E-state index contributed by atoms with van der Waals surface area (Å²) in [4.78, 5) is 14.8. The molecule has 2 aromatic rings. The molecule has 174 valence electrons. The molecule has 1 saturated heterocycles. The summed E-state index contributed by atoms with van der Waals surface area (Å²) in [6.07, 6.45) is 0.992. The highest BCUT2D eigenvalue weighted by Gasteiger charge is 2.29. The molecule has 1 heterocycles. The van der Waals surface area contributed by atoms with Gasteiger partial charge in [0.05, 0.1) is 26.7 Å². The van der Waals surface area contributed by atoms with Gasteiger partial charge in [0.2, 0.25) is 15.9 Å². The van der Waals surface area contributed by atoms with Crippen molar-refractivity contribution >= 4 is 21.6 Å². The van der Waals surface area contributed by atoms with Crippen molar-refractivity contribution in [2.75, 3.05) is 59.4 Å². The van der Waals surface area contributed by atoms with Gasteiger partial charge in [0.1, 0.15) is 10.6 Å². The second-order valence-corrected chi connectivity index (χ2v) is 9.88. The average Bonchev–Trinajstić information content (AvgIpc) is 2.79. The Morgan fingerprint density at radius 3 is 2.38 bits per heavy atom. The fourth-order valence-electron chi connectivity index (χ4n) is 3.46. The first-order valence-corrected chi connectivity index (χ1v) is 12.0. The second-order valence-electron chi connectivity index (χ2n) is 7.98. The average molecular weight is 462 g/mol. The number of carbonyl (C=O) groups is 1. The number of methoxy groups -OCH3 is 1. The molecule has 0 saturated carbocycles. The van der Waals surface area contributed by atoms with Crippen molar-refractivity contribution in [3.63, 3.8) is 0 Å². The van der Waals surface area contributed by atoms with E-state index in [0.717, 1.165) is 13.0 Å². The van der Waals surface area contributed by atoms with E-state index < -0.39 is 10.0 Å². The van der Waals surface area contributed by atoms with E-state index in [-0.39, 0.29) is 23.0 Å². The van der Waals surface area contributed by atoms with Crippen molar-refractivity contribution < 1.29 is 22.7 Å². The molecule has 32 heavy (non-hydrogen) atoms. The van der Waals surface area contributed by atoms with Crippen molar-refractivity contribution in [2.45, 2.75) is 17.7 Å². The quantitative estimate of drug-likeness (QED) is 0.615. The number of amides is 1. The standard InChI is InChI=1S/C23H31N3O5S/c1-25(2)11-10-18-4-7-20(8-5-18)24-23(27)17-19-6-9-21(30-3)22(16-19)32(28,29)26-12-14-31-15-13-26/h4-9,16H,10-15,17H2,1-3H3,(H,24,27). The molecule has 0 aromatic heterocycles. The van der Waals surface area contributed by atoms with Gasteiger partial charge in [-0.15, -0.1) is 0 Å². The summed E-state index contributed by atoms with van der Waals surface area (Å²) in [5.41, 5.74) is 2.50. The molecule has 1 aliphatic heterocycles. The van der Waals surface area contributed by atoms with E-state index in [1.54, 1.807) is 12.1 Å². The molecule has 3 rings (SSSR count). The predicted octanol–water partition coefficient (Wildman–Crippen LogP) is 2.00. The van der Waals surface area contributed by atoms with Gasteiger partial charge in [-0.3, -0.25) is 4.79 Å². The third kappa shape index (κ3) is 6.29. The molecule has 0 bridgehead atoms. The molecule has 0 spiro atoms. The molecule has 0 atom stereocenters. The lowest BCUT2D eigenvalue weighted by Crippen LogP contribution is -2.40. The second kappa shape index (κ2) is 10.9. The minimum absolute atomic E-state index is 0.0536. The number of hydrogen-bond acceptors (Lipinski definition) is 6. The lowest BCUT2D eigenvalue weighted by atomic mass is 10.1. The molecule has 9 heteroatoms. The van der Waals surface area contributed by atoms with E-state index in [4.69, 9.17) is 9.47 Å². The van der Waals surface area contributed by atoms with Crippen molar-refractivity contribution in [3.8, 4) is 5.75 Å². The van der Waals surface area contributed by atoms with Gasteiger partial charge in [-0.1, -0.05) is 18.2 Å². The van der Waals surface area contributed by atoms with Crippen LogP contribution in [0.25, 0.3) is 0 Å². The summed E-state index contributed by atoms with van der Waals surface area (Å²) in [6.45, 7) is 2.26. The normalized spacial score (nSPS) is 15.0. The zero-order chi connectivity index (χ0) is 23.1. The maximum absolute atomic E-state index is 13.1. The topological polar surface area (TPSA) is 88.2 Å². The molecule has 0 unspecified atom stereocenters. The van der Waals surface area contributed by atoms with Gasteiger partial charge in [-0.25, -0.2) is 8.42 Å². The molecule has 0 radical (unpaired) electrons. The summed E-state index contributed by atoms with van der Waals surface area (Å²) in [5.74, 6) is 0.0416. The Morgan fingerprint density at radius 2 is 1.75 bits per heavy atom. The zero-order valence-electron chi connectivity index (χ0n) is 18.8. The smallest absolute Gasteiger partial charge is 0.246 e. The first-order chi connectivity index (χ1) is 15.3. The van der Waals surface area contributed by atoms with E-state index >= 15 is 0 Å². The lowest BCUT2D eigenvalue weighted by Gasteiger charge is -2.26. The van der Waals surface area contributed by atoms with E-state index in [2.05, 4.69) is 10.2 Å². The third-order valence-corrected chi connectivity index (χ3v) is 7.19. The minimum Gasteiger partial charge on any atom is -0.495 e. The Kier molecular flexibility index (Phi) is 8.25. The first kappa shape index (κ1) is 24.2. The summed E-state index contributed by atoms with van der Waals surface area (Å²) < 4.78 is 38.1. The number of nitrogens with zero attached hydrogens (tertiary/aromatic N) is 2. The number of likely N-dealkylation sites (N-methyl/N-ethyl adjacent to an activating group) is 1. The highest BCUT2D eigenvalue weighted by molar-refractivity contribution is 7.89. The number of benzene rings is 2. The van der Waals surface area contributed by atoms with Crippen LogP contribution in [0.1, 0.15) is 11.1 Å². The molecule has 8 nitrogen and oxygen atoms in total. The zero-order valence-corrected chi connectivity index (χ0v) is 19.7. The van der Waals surface area contributed by atoms with E-state index in [1.165, 1.54) is 23.0 Å². The van der Waals surface area contributed by atoms with Crippen molar-refractivity contribution in [3.05, 3.63) is 53.6 Å². The van der Waals surface area contributed by atoms with E-state index in [9.17, 15) is 13.2 Å². The van der Waals surface area contributed by atoms with Gasteiger partial charge in [0.15, 0.2) is 0 Å². The highest BCUT2D eigenvalue weighted by atomic mass is 32.2. The minimum atomic E-state index is -3.75. The number of rotatable bonds is 9. The van der Waals surface area contributed by atoms with Crippen LogP contribution < -0.4 is 10.1 Å². The number of ether oxygens (including phenoxy) is 2. The van der Waals surface area contributed by atoms with Crippen LogP contribution in [0.4, 0.5) is 5.69 Å². The van der Waals surface area contributed by atoms with Gasteiger partial charge < -0.3 is 19.7 Å². The third-order valence-electron chi connectivity index (χ3n) is 5.27. The molecule has 0 aliphatic carbocycles. The van der Waals surface area contributed by atoms with Crippen molar-refractivity contribution in [2.24, 2.45) is 0 Å². The summed E-state index contributed by atoms with van der Waals surface area (Å²) in [5, 5.41) is 2.88. The van der Waals surface area contributed by atoms with Crippen LogP contribution in [0, 0.1) is 0 Å². The van der Waals surface area contributed by atoms with Gasteiger partial charge >= 0.3 is 0 Å². The Balaban J connectivity index is 1.69. The van der Waals surface area contributed by atoms with Crippen LogP contribution in [0.2, 0.25) is 0 Å². The number of anilines is 1. The molecular formula is C23H31N3O5S. The highest BCUT2D eigenvalue weighted by Crippen LogP contribution is 2.28. The van der Waals surface area contributed by atoms with Crippen LogP contribution in [-0.2, 0) is 32.4 Å². The summed E-state index contributed by atoms with van der Waals surface area (Å²) >= 11 is 0. The SMILES string of the molecule is COc1ccc(CC(=O)Nc2ccc(CCN(C)C)cc2)cc1S(=O)(=O)N1CCOCC1. The maximum atomic E-state index is 13.1. The fraction of sp³-hybridized carbons (Fsp3) is 0.435. The Labute approximate surface area is 190 Å². The van der Waals surface area contributed by atoms with Gasteiger partial charge in [-0.05, 0) is 55.9 Å². The molecule has 2 aromatic carbocycles. The van der Waals surface area contributed by atoms with Gasteiger partial charge in [0.25, 0.3) is 0 Å². The van der Waals surface area contributed by atoms with Crippen LogP contribution in [0.3, 0.4) is 0 Å². The molecule has 1 aliphatic rings. The number of hydrogen-bond donors (Lipinski definition) is 1. The number of carbonyl (C=O) groups excluding carboxylic acids is 1. The van der Waals surface area contributed by atoms with Crippen LogP contribution >= 0.6 is 0 Å². The monoisotopic (exact) mass is 461 g/mol. The molecule has 1 amide bonds. The van der Waals surface area contributed by atoms with Crippen molar-refractivity contribution in [1.82, 2.24) is 9.21 Å². The molecular weight excluding hydrogens is 430 g/mol. The maximum Gasteiger partial charge on any atom is 0.246 e. The Morgan fingerprint density at radius 1 is 1.09 bits per heavy atom. The van der Waals surface area contributed by atoms with Gasteiger partial charge in [0, 0.05) is 25.3 Å².